The fourth-order valence-corrected chi connectivity index (χ4v) is 4.26. The van der Waals surface area contributed by atoms with Crippen LogP contribution in [-0.2, 0) is 0 Å². The lowest BCUT2D eigenvalue weighted by atomic mass is 9.82. The summed E-state index contributed by atoms with van der Waals surface area (Å²) in [6.07, 6.45) is 23.7. The van der Waals surface area contributed by atoms with Gasteiger partial charge in [-0.05, 0) is 78.7 Å². The highest BCUT2D eigenvalue weighted by molar-refractivity contribution is 5.62. The van der Waals surface area contributed by atoms with Crippen molar-refractivity contribution in [1.82, 2.24) is 10.6 Å². The first-order valence-electron chi connectivity index (χ1n) is 11.4. The summed E-state index contributed by atoms with van der Waals surface area (Å²) < 4.78 is 0. The quantitative estimate of drug-likeness (QED) is 0.384. The molecule has 2 N–H and O–H groups in total. The third-order valence-corrected chi connectivity index (χ3v) is 6.13. The third-order valence-electron chi connectivity index (χ3n) is 6.13. The molecule has 0 bridgehead atoms. The van der Waals surface area contributed by atoms with Crippen molar-refractivity contribution in [3.8, 4) is 0 Å². The van der Waals surface area contributed by atoms with Crippen molar-refractivity contribution in [2.45, 2.75) is 66.0 Å². The van der Waals surface area contributed by atoms with Crippen molar-refractivity contribution in [3.05, 3.63) is 83.3 Å². The molecule has 0 saturated carbocycles. The van der Waals surface area contributed by atoms with Crippen LogP contribution >= 0.6 is 0 Å². The van der Waals surface area contributed by atoms with Gasteiger partial charge in [-0.2, -0.15) is 0 Å². The zero-order chi connectivity index (χ0) is 20.8. The molecule has 0 amide bonds. The van der Waals surface area contributed by atoms with Crippen LogP contribution in [0.4, 0.5) is 0 Å². The molecule has 2 aliphatic carbocycles. The van der Waals surface area contributed by atoms with Crippen LogP contribution in [0, 0.1) is 17.8 Å². The molecule has 2 nitrogen and oxygen atoms in total. The first kappa shape index (κ1) is 21.5. The maximum Gasteiger partial charge on any atom is 0.116 e. The van der Waals surface area contributed by atoms with Gasteiger partial charge in [-0.25, -0.2) is 0 Å². The lowest BCUT2D eigenvalue weighted by Gasteiger charge is -2.31. The summed E-state index contributed by atoms with van der Waals surface area (Å²) in [6, 6.07) is 0. The number of hydrogen-bond acceptors (Lipinski definition) is 2. The Balaban J connectivity index is 2.03. The Morgan fingerprint density at radius 3 is 2.72 bits per heavy atom. The van der Waals surface area contributed by atoms with Gasteiger partial charge in [-0.3, -0.25) is 0 Å². The van der Waals surface area contributed by atoms with E-state index in [0.717, 1.165) is 19.3 Å². The van der Waals surface area contributed by atoms with Crippen molar-refractivity contribution in [1.29, 1.82) is 0 Å². The molecule has 3 rings (SSSR count). The second-order valence-corrected chi connectivity index (χ2v) is 8.83. The predicted molar refractivity (Wildman–Crippen MR) is 126 cm³/mol. The molecule has 3 atom stereocenters. The monoisotopic (exact) mass is 390 g/mol. The molecule has 0 radical (unpaired) electrons. The Hall–Kier alpha value is -2.22. The molecule has 0 saturated heterocycles. The van der Waals surface area contributed by atoms with Gasteiger partial charge >= 0.3 is 0 Å². The van der Waals surface area contributed by atoms with Crippen LogP contribution in [0.5, 0.6) is 0 Å². The van der Waals surface area contributed by atoms with Crippen LogP contribution in [0.15, 0.2) is 83.3 Å². The zero-order valence-corrected chi connectivity index (χ0v) is 18.7. The number of allylic oxidation sites excluding steroid dienone is 9. The third kappa shape index (κ3) is 5.44. The maximum absolute atomic E-state index is 3.95. The number of rotatable bonds is 11. The number of dihydropyridines is 1. The average Bonchev–Trinajstić information content (AvgIpc) is 3.50. The first-order chi connectivity index (χ1) is 14.0. The van der Waals surface area contributed by atoms with Crippen molar-refractivity contribution in [2.24, 2.45) is 17.8 Å². The summed E-state index contributed by atoms with van der Waals surface area (Å²) in [5, 5.41) is 7.34. The molecule has 3 aliphatic rings. The standard InChI is InChI=1S/C27H38N2/c1-6-8-12-20(5)23(13-9-7-2)27(29-26-14-10-11-15-28-26)25-18-22-16-21(22)17-24(25)19(3)4/h6,10-11,14-21,26,28-29H,1,7-9,12-13H2,2-5H3/b27-23+/t20-,21+,26?/m1/s1. The molecular formula is C27H38N2. The van der Waals surface area contributed by atoms with Gasteiger partial charge in [0.2, 0.25) is 0 Å². The van der Waals surface area contributed by atoms with Crippen LogP contribution in [0.1, 0.15) is 59.8 Å². The fraction of sp³-hybridized carbons (Fsp3) is 0.481. The highest BCUT2D eigenvalue weighted by Crippen LogP contribution is 2.44. The summed E-state index contributed by atoms with van der Waals surface area (Å²) in [7, 11) is 0. The Labute approximate surface area is 177 Å². The Morgan fingerprint density at radius 1 is 1.24 bits per heavy atom. The van der Waals surface area contributed by atoms with Gasteiger partial charge in [0, 0.05) is 17.2 Å². The van der Waals surface area contributed by atoms with Crippen molar-refractivity contribution >= 4 is 0 Å². The van der Waals surface area contributed by atoms with Crippen LogP contribution in [0.3, 0.4) is 0 Å². The topological polar surface area (TPSA) is 24.1 Å². The zero-order valence-electron chi connectivity index (χ0n) is 18.7. The first-order valence-corrected chi connectivity index (χ1v) is 11.4. The van der Waals surface area contributed by atoms with Crippen LogP contribution < -0.4 is 10.6 Å². The van der Waals surface area contributed by atoms with Crippen molar-refractivity contribution < 1.29 is 0 Å². The van der Waals surface area contributed by atoms with E-state index in [1.807, 2.05) is 12.3 Å². The molecule has 1 heterocycles. The average molecular weight is 391 g/mol. The normalized spacial score (nSPS) is 24.0. The van der Waals surface area contributed by atoms with Crippen LogP contribution in [-0.4, -0.2) is 6.17 Å². The van der Waals surface area contributed by atoms with Gasteiger partial charge in [0.05, 0.1) is 0 Å². The molecule has 1 aliphatic heterocycles. The molecule has 0 aromatic heterocycles. The highest BCUT2D eigenvalue weighted by atomic mass is 15.1. The van der Waals surface area contributed by atoms with E-state index in [-0.39, 0.29) is 6.17 Å². The van der Waals surface area contributed by atoms with Gasteiger partial charge in [0.15, 0.2) is 0 Å². The Kier molecular flexibility index (Phi) is 7.41. The van der Waals surface area contributed by atoms with Crippen LogP contribution in [0.2, 0.25) is 0 Å². The van der Waals surface area contributed by atoms with Gasteiger partial charge < -0.3 is 10.6 Å². The summed E-state index contributed by atoms with van der Waals surface area (Å²) >= 11 is 0. The molecule has 0 aromatic carbocycles. The SMILES string of the molecule is C=CCC[C@@H](C)/C(CCCC)=C(/NC1C=CC=CN1)C1=CC2=C[C@H]2C=C1C(C)C. The summed E-state index contributed by atoms with van der Waals surface area (Å²) in [5.41, 5.74) is 7.27. The predicted octanol–water partition coefficient (Wildman–Crippen LogP) is 6.70. The number of unbranched alkanes of at least 4 members (excludes halogenated alkanes) is 1. The summed E-state index contributed by atoms with van der Waals surface area (Å²) in [4.78, 5) is 0. The molecule has 29 heavy (non-hydrogen) atoms. The lowest BCUT2D eigenvalue weighted by molar-refractivity contribution is 0.546. The molecule has 2 heteroatoms. The number of fused-ring (bicyclic) bond motifs is 1. The molecule has 0 spiro atoms. The van der Waals surface area contributed by atoms with Gasteiger partial charge in [-0.15, -0.1) is 6.58 Å². The van der Waals surface area contributed by atoms with E-state index >= 15 is 0 Å². The van der Waals surface area contributed by atoms with E-state index in [0.29, 0.717) is 17.8 Å². The van der Waals surface area contributed by atoms with Gasteiger partial charge in [0.1, 0.15) is 6.17 Å². The second-order valence-electron chi connectivity index (χ2n) is 8.83. The van der Waals surface area contributed by atoms with Gasteiger partial charge in [0.25, 0.3) is 0 Å². The van der Waals surface area contributed by atoms with E-state index in [9.17, 15) is 0 Å². The largest absolute Gasteiger partial charge is 0.368 e. The smallest absolute Gasteiger partial charge is 0.116 e. The molecule has 156 valence electrons. The minimum absolute atomic E-state index is 0.124. The lowest BCUT2D eigenvalue weighted by Crippen LogP contribution is -2.40. The van der Waals surface area contributed by atoms with Gasteiger partial charge in [-0.1, -0.05) is 58.4 Å². The molecule has 1 unspecified atom stereocenters. The Morgan fingerprint density at radius 2 is 2.07 bits per heavy atom. The van der Waals surface area contributed by atoms with E-state index in [1.165, 1.54) is 35.3 Å². The van der Waals surface area contributed by atoms with Crippen LogP contribution in [0.25, 0.3) is 0 Å². The minimum atomic E-state index is 0.124. The molecular weight excluding hydrogens is 352 g/mol. The van der Waals surface area contributed by atoms with E-state index in [1.54, 1.807) is 5.57 Å². The van der Waals surface area contributed by atoms with Crippen molar-refractivity contribution in [3.63, 3.8) is 0 Å². The summed E-state index contributed by atoms with van der Waals surface area (Å²) in [6.45, 7) is 13.3. The minimum Gasteiger partial charge on any atom is -0.368 e. The second kappa shape index (κ2) is 10.0. The number of nitrogens with one attached hydrogen (secondary N) is 2. The van der Waals surface area contributed by atoms with E-state index in [2.05, 4.69) is 81.4 Å². The van der Waals surface area contributed by atoms with Crippen molar-refractivity contribution in [2.75, 3.05) is 0 Å². The molecule has 0 fully saturated rings. The van der Waals surface area contributed by atoms with E-state index in [4.69, 9.17) is 0 Å². The van der Waals surface area contributed by atoms with E-state index < -0.39 is 0 Å². The summed E-state index contributed by atoms with van der Waals surface area (Å²) in [5.74, 6) is 1.62. The molecule has 0 aromatic rings. The highest BCUT2D eigenvalue weighted by Gasteiger charge is 2.31. The fourth-order valence-electron chi connectivity index (χ4n) is 4.26. The number of hydrogen-bond donors (Lipinski definition) is 2. The Bertz CT molecular complexity index is 785. The maximum atomic E-state index is 3.95.